The molecule has 1 saturated carbocycles. The zero-order valence-electron chi connectivity index (χ0n) is 9.63. The topological polar surface area (TPSA) is 32.3 Å². The minimum absolute atomic E-state index is 0.146. The summed E-state index contributed by atoms with van der Waals surface area (Å²) in [6.07, 6.45) is 3.85. The Labute approximate surface area is 106 Å². The van der Waals surface area contributed by atoms with E-state index >= 15 is 0 Å². The molecule has 0 amide bonds. The van der Waals surface area contributed by atoms with Crippen molar-refractivity contribution in [2.75, 3.05) is 0 Å². The lowest BCUT2D eigenvalue weighted by Gasteiger charge is -2.28. The molecule has 2 atom stereocenters. The molecule has 0 radical (unpaired) electrons. The Morgan fingerprint density at radius 2 is 2.12 bits per heavy atom. The fourth-order valence-electron chi connectivity index (χ4n) is 2.25. The van der Waals surface area contributed by atoms with Crippen LogP contribution in [0.5, 0.6) is 0 Å². The van der Waals surface area contributed by atoms with Crippen molar-refractivity contribution in [3.8, 4) is 0 Å². The minimum Gasteiger partial charge on any atom is -0.392 e. The van der Waals surface area contributed by atoms with Crippen LogP contribution >= 0.6 is 11.6 Å². The Morgan fingerprint density at radius 1 is 1.35 bits per heavy atom. The van der Waals surface area contributed by atoms with E-state index < -0.39 is 5.82 Å². The maximum atomic E-state index is 13.0. The number of aliphatic hydroxyl groups excluding tert-OH is 1. The van der Waals surface area contributed by atoms with E-state index in [0.29, 0.717) is 6.54 Å². The Balaban J connectivity index is 1.90. The van der Waals surface area contributed by atoms with Gasteiger partial charge in [-0.25, -0.2) is 4.39 Å². The van der Waals surface area contributed by atoms with E-state index in [1.807, 2.05) is 0 Å². The highest BCUT2D eigenvalue weighted by Crippen LogP contribution is 2.20. The molecule has 0 bridgehead atoms. The van der Waals surface area contributed by atoms with Crippen molar-refractivity contribution in [1.29, 1.82) is 0 Å². The number of benzene rings is 1. The fourth-order valence-corrected chi connectivity index (χ4v) is 2.45. The first kappa shape index (κ1) is 12.8. The van der Waals surface area contributed by atoms with Gasteiger partial charge < -0.3 is 10.4 Å². The molecule has 2 nitrogen and oxygen atoms in total. The largest absolute Gasteiger partial charge is 0.392 e. The highest BCUT2D eigenvalue weighted by Gasteiger charge is 2.22. The van der Waals surface area contributed by atoms with Gasteiger partial charge in [0.15, 0.2) is 0 Å². The Hall–Kier alpha value is -0.640. The molecule has 1 aliphatic rings. The summed E-state index contributed by atoms with van der Waals surface area (Å²) >= 11 is 5.71. The molecule has 1 aromatic carbocycles. The summed E-state index contributed by atoms with van der Waals surface area (Å²) in [5, 5.41) is 13.2. The molecule has 4 heteroatoms. The molecule has 1 fully saturated rings. The van der Waals surface area contributed by atoms with Crippen LogP contribution in [0.25, 0.3) is 0 Å². The molecule has 2 rings (SSSR count). The van der Waals surface area contributed by atoms with Crippen molar-refractivity contribution in [3.05, 3.63) is 34.6 Å². The highest BCUT2D eigenvalue weighted by atomic mass is 35.5. The van der Waals surface area contributed by atoms with Gasteiger partial charge in [-0.15, -0.1) is 0 Å². The first-order chi connectivity index (χ1) is 8.16. The number of hydrogen-bond donors (Lipinski definition) is 2. The molecule has 0 saturated heterocycles. The minimum atomic E-state index is -0.395. The average molecular weight is 258 g/mol. The second-order valence-corrected chi connectivity index (χ2v) is 4.99. The Kier molecular flexibility index (Phi) is 4.37. The number of aliphatic hydroxyl groups is 1. The van der Waals surface area contributed by atoms with E-state index in [1.165, 1.54) is 6.07 Å². The number of halogens is 2. The van der Waals surface area contributed by atoms with Crippen LogP contribution in [0.3, 0.4) is 0 Å². The normalized spacial score (nSPS) is 24.9. The Bertz CT molecular complexity index is 386. The summed E-state index contributed by atoms with van der Waals surface area (Å²) in [5.41, 5.74) is 0.939. The van der Waals surface area contributed by atoms with Crippen molar-refractivity contribution in [2.24, 2.45) is 0 Å². The molecule has 2 unspecified atom stereocenters. The monoisotopic (exact) mass is 257 g/mol. The van der Waals surface area contributed by atoms with E-state index in [2.05, 4.69) is 5.32 Å². The molecule has 1 aliphatic carbocycles. The Morgan fingerprint density at radius 3 is 2.82 bits per heavy atom. The predicted molar refractivity (Wildman–Crippen MR) is 66.5 cm³/mol. The van der Waals surface area contributed by atoms with Crippen molar-refractivity contribution in [2.45, 2.75) is 44.4 Å². The van der Waals surface area contributed by atoms with Crippen molar-refractivity contribution in [1.82, 2.24) is 5.32 Å². The van der Waals surface area contributed by atoms with E-state index in [1.54, 1.807) is 12.1 Å². The van der Waals surface area contributed by atoms with Gasteiger partial charge in [0.1, 0.15) is 5.82 Å². The van der Waals surface area contributed by atoms with Crippen LogP contribution in [0.15, 0.2) is 18.2 Å². The molecule has 0 heterocycles. The van der Waals surface area contributed by atoms with E-state index in [-0.39, 0.29) is 17.2 Å². The van der Waals surface area contributed by atoms with Gasteiger partial charge in [-0.05, 0) is 30.5 Å². The lowest BCUT2D eigenvalue weighted by molar-refractivity contribution is 0.0902. The second kappa shape index (κ2) is 5.80. The van der Waals surface area contributed by atoms with E-state index in [9.17, 15) is 9.50 Å². The van der Waals surface area contributed by atoms with Crippen LogP contribution in [-0.4, -0.2) is 17.3 Å². The molecule has 0 spiro atoms. The highest BCUT2D eigenvalue weighted by molar-refractivity contribution is 6.30. The van der Waals surface area contributed by atoms with Crippen LogP contribution in [-0.2, 0) is 6.54 Å². The fraction of sp³-hybridized carbons (Fsp3) is 0.538. The zero-order chi connectivity index (χ0) is 12.3. The van der Waals surface area contributed by atoms with Crippen molar-refractivity contribution < 1.29 is 9.50 Å². The molecule has 2 N–H and O–H groups in total. The first-order valence-corrected chi connectivity index (χ1v) is 6.40. The molecule has 0 aromatic heterocycles. The number of rotatable bonds is 3. The van der Waals surface area contributed by atoms with Gasteiger partial charge >= 0.3 is 0 Å². The zero-order valence-corrected chi connectivity index (χ0v) is 10.4. The predicted octanol–water partition coefficient (Wildman–Crippen LogP) is 2.87. The number of hydrogen-bond acceptors (Lipinski definition) is 2. The van der Waals surface area contributed by atoms with Gasteiger partial charge in [0, 0.05) is 12.6 Å². The summed E-state index contributed by atoms with van der Waals surface area (Å²) in [6.45, 7) is 0.613. The van der Waals surface area contributed by atoms with Gasteiger partial charge in [-0.3, -0.25) is 0 Å². The molecule has 1 aromatic rings. The lowest BCUT2D eigenvalue weighted by Crippen LogP contribution is -2.41. The van der Waals surface area contributed by atoms with Gasteiger partial charge in [0.25, 0.3) is 0 Å². The third kappa shape index (κ3) is 3.41. The summed E-state index contributed by atoms with van der Waals surface area (Å²) < 4.78 is 13.0. The maximum absolute atomic E-state index is 13.0. The van der Waals surface area contributed by atoms with Gasteiger partial charge in [-0.1, -0.05) is 30.5 Å². The number of nitrogens with one attached hydrogen (secondary N) is 1. The molecule has 94 valence electrons. The van der Waals surface area contributed by atoms with Gasteiger partial charge in [0.2, 0.25) is 0 Å². The molecule has 17 heavy (non-hydrogen) atoms. The second-order valence-electron chi connectivity index (χ2n) is 4.59. The van der Waals surface area contributed by atoms with Crippen LogP contribution < -0.4 is 5.32 Å². The van der Waals surface area contributed by atoms with Crippen LogP contribution in [0.4, 0.5) is 4.39 Å². The third-order valence-electron chi connectivity index (χ3n) is 3.28. The van der Waals surface area contributed by atoms with Gasteiger partial charge in [-0.2, -0.15) is 0 Å². The van der Waals surface area contributed by atoms with E-state index in [0.717, 1.165) is 31.2 Å². The lowest BCUT2D eigenvalue weighted by atomic mass is 9.92. The smallest absolute Gasteiger partial charge is 0.141 e. The molecule has 0 aliphatic heterocycles. The molecular weight excluding hydrogens is 241 g/mol. The van der Waals surface area contributed by atoms with Crippen LogP contribution in [0.1, 0.15) is 31.2 Å². The van der Waals surface area contributed by atoms with Crippen molar-refractivity contribution in [3.63, 3.8) is 0 Å². The van der Waals surface area contributed by atoms with Crippen molar-refractivity contribution >= 4 is 11.6 Å². The summed E-state index contributed by atoms with van der Waals surface area (Å²) in [4.78, 5) is 0. The summed E-state index contributed by atoms with van der Waals surface area (Å²) in [6, 6.07) is 4.85. The summed E-state index contributed by atoms with van der Waals surface area (Å²) in [7, 11) is 0. The average Bonchev–Trinajstić information content (AvgIpc) is 2.32. The van der Waals surface area contributed by atoms with Crippen LogP contribution in [0.2, 0.25) is 5.02 Å². The maximum Gasteiger partial charge on any atom is 0.141 e. The molecular formula is C13H17ClFNO. The van der Waals surface area contributed by atoms with Crippen LogP contribution in [0, 0.1) is 5.82 Å². The SMILES string of the molecule is OC1CCCCC1NCc1ccc(F)c(Cl)c1. The quantitative estimate of drug-likeness (QED) is 0.873. The van der Waals surface area contributed by atoms with E-state index in [4.69, 9.17) is 11.6 Å². The summed E-state index contributed by atoms with van der Waals surface area (Å²) in [5.74, 6) is -0.395. The third-order valence-corrected chi connectivity index (χ3v) is 3.57. The first-order valence-electron chi connectivity index (χ1n) is 6.02. The van der Waals surface area contributed by atoms with Gasteiger partial charge in [0.05, 0.1) is 11.1 Å². The standard InChI is InChI=1S/C13H17ClFNO/c14-10-7-9(5-6-11(10)15)8-16-12-3-1-2-4-13(12)17/h5-7,12-13,16-17H,1-4,8H2.